The van der Waals surface area contributed by atoms with Gasteiger partial charge in [0.1, 0.15) is 0 Å². The number of carbonyl (C=O) groups is 2. The Bertz CT molecular complexity index is 812. The van der Waals surface area contributed by atoms with E-state index in [9.17, 15) is 9.59 Å². The van der Waals surface area contributed by atoms with E-state index >= 15 is 0 Å². The maximum atomic E-state index is 10.4. The molecule has 0 amide bonds. The zero-order valence-electron chi connectivity index (χ0n) is 42.2. The minimum atomic E-state index is -1.27. The molecule has 0 saturated carbocycles. The second-order valence-electron chi connectivity index (χ2n) is 18.6. The van der Waals surface area contributed by atoms with Gasteiger partial charge in [0.05, 0.1) is 10.5 Å². The van der Waals surface area contributed by atoms with Crippen LogP contribution in [0.25, 0.3) is 0 Å². The van der Waals surface area contributed by atoms with E-state index in [1.54, 1.807) is 21.7 Å². The third kappa shape index (κ3) is 70.6. The van der Waals surface area contributed by atoms with Gasteiger partial charge < -0.3 is 10.2 Å². The molecule has 0 saturated heterocycles. The van der Waals surface area contributed by atoms with Gasteiger partial charge in [-0.25, -0.2) is 0 Å². The number of hydrogen-bond acceptors (Lipinski definition) is 5. The topological polar surface area (TPSA) is 74.6 Å². The second-order valence-corrected chi connectivity index (χ2v) is 34.0. The number of carboxylic acids is 2. The normalized spacial score (nSPS) is 11.9. The molecule has 0 aromatic heterocycles. The predicted octanol–water partition coefficient (Wildman–Crippen LogP) is 19.1. The second kappa shape index (κ2) is 59.5. The van der Waals surface area contributed by atoms with E-state index in [1.807, 2.05) is 0 Å². The molecular weight excluding hydrogens is 1020 g/mol. The van der Waals surface area contributed by atoms with Crippen molar-refractivity contribution in [1.29, 1.82) is 0 Å². The minimum absolute atomic E-state index is 0.0736. The van der Waals surface area contributed by atoms with E-state index in [1.165, 1.54) is 176 Å². The summed E-state index contributed by atoms with van der Waals surface area (Å²) in [6.45, 7) is 18.0. The SMILES string of the molecule is CC(C)CCCCCC(S)C(=O)O.CC(C)CCCCCC(S)C(=O)O.CCCCCCC[CH2][Sn](=[S])[CH2]CCCCCCC.CCCCCCC[CH2][Sn][CH2]CCCCCCC. The average molecular weight is 1130 g/mol. The van der Waals surface area contributed by atoms with Crippen molar-refractivity contribution in [3.63, 3.8) is 0 Å². The number of rotatable bonds is 42. The van der Waals surface area contributed by atoms with Crippen LogP contribution in [0.3, 0.4) is 0 Å². The molecule has 366 valence electrons. The van der Waals surface area contributed by atoms with E-state index in [0.29, 0.717) is 12.8 Å². The van der Waals surface area contributed by atoms with E-state index in [-0.39, 0.29) is 21.1 Å². The first-order chi connectivity index (χ1) is 29.3. The van der Waals surface area contributed by atoms with E-state index in [0.717, 1.165) is 37.5 Å². The molecule has 0 aliphatic rings. The van der Waals surface area contributed by atoms with Gasteiger partial charge in [-0.2, -0.15) is 25.3 Å². The first-order valence-electron chi connectivity index (χ1n) is 26.3. The van der Waals surface area contributed by atoms with Crippen molar-refractivity contribution in [2.24, 2.45) is 11.8 Å². The van der Waals surface area contributed by atoms with Crippen LogP contribution in [-0.4, -0.2) is 71.6 Å². The van der Waals surface area contributed by atoms with Crippen molar-refractivity contribution in [2.75, 3.05) is 0 Å². The van der Waals surface area contributed by atoms with Crippen LogP contribution in [0, 0.1) is 11.8 Å². The zero-order valence-corrected chi connectivity index (χ0v) is 50.5. The first kappa shape index (κ1) is 69.0. The average Bonchev–Trinajstić information content (AvgIpc) is 3.22. The Labute approximate surface area is 415 Å². The van der Waals surface area contributed by atoms with Crippen LogP contribution in [0.2, 0.25) is 17.7 Å². The molecule has 2 radical (unpaired) electrons. The standard InChI is InChI=1S/2C10H20O2S.4C8H17.S.2Sn/c2*1-8(2)6-4-3-5-7-9(13)10(11)12;4*1-3-5-7-8-6-4-2;;;/h2*8-9,13H,3-7H2,1-2H3,(H,11,12);4*1,3-8H2,2H3;;;. The summed E-state index contributed by atoms with van der Waals surface area (Å²) in [7, 11) is 5.74. The van der Waals surface area contributed by atoms with Crippen LogP contribution < -0.4 is 0 Å². The molecule has 0 fully saturated rings. The molecule has 2 atom stereocenters. The molecule has 61 heavy (non-hydrogen) atoms. The summed E-state index contributed by atoms with van der Waals surface area (Å²) in [6, 6.07) is 0. The molecule has 4 nitrogen and oxygen atoms in total. The van der Waals surface area contributed by atoms with Crippen molar-refractivity contribution in [1.82, 2.24) is 0 Å². The van der Waals surface area contributed by atoms with Gasteiger partial charge in [-0.1, -0.05) is 79.1 Å². The maximum absolute atomic E-state index is 10.4. The predicted molar refractivity (Wildman–Crippen MR) is 288 cm³/mol. The van der Waals surface area contributed by atoms with Crippen LogP contribution in [0.4, 0.5) is 0 Å². The fraction of sp³-hybridized carbons (Fsp3) is 0.962. The number of carboxylic acid groups (broad SMARTS) is 2. The van der Waals surface area contributed by atoms with Gasteiger partial charge in [0, 0.05) is 0 Å². The quantitative estimate of drug-likeness (QED) is 0.0278. The third-order valence-corrected chi connectivity index (χ3v) is 24.1. The van der Waals surface area contributed by atoms with Crippen LogP contribution in [0.15, 0.2) is 0 Å². The van der Waals surface area contributed by atoms with Gasteiger partial charge in [0.15, 0.2) is 0 Å². The zero-order chi connectivity index (χ0) is 46.6. The Balaban J connectivity index is -0.000000359. The molecule has 0 aromatic carbocycles. The number of unbranched alkanes of at least 4 members (excludes halogenated alkanes) is 24. The Morgan fingerprint density at radius 3 is 0.951 bits per heavy atom. The van der Waals surface area contributed by atoms with Crippen molar-refractivity contribution in [2.45, 2.75) is 302 Å². The Hall–Kier alpha value is 1.46. The summed E-state index contributed by atoms with van der Waals surface area (Å²) in [5, 5.41) is 16.2. The fourth-order valence-electron chi connectivity index (χ4n) is 6.90. The first-order valence-corrected chi connectivity index (χ1v) is 39.3. The molecule has 0 aliphatic heterocycles. The summed E-state index contributed by atoms with van der Waals surface area (Å²) >= 11 is 6.73. The van der Waals surface area contributed by atoms with E-state index < -0.39 is 40.3 Å². The molecule has 0 spiro atoms. The van der Waals surface area contributed by atoms with Crippen molar-refractivity contribution in [3.8, 4) is 0 Å². The summed E-state index contributed by atoms with van der Waals surface area (Å²) in [4.78, 5) is 20.8. The molecule has 0 bridgehead atoms. The van der Waals surface area contributed by atoms with Gasteiger partial charge >= 0.3 is 260 Å². The Morgan fingerprint density at radius 1 is 0.426 bits per heavy atom. The molecule has 2 unspecified atom stereocenters. The molecule has 0 aliphatic carbocycles. The van der Waals surface area contributed by atoms with Crippen LogP contribution in [0.5, 0.6) is 0 Å². The summed E-state index contributed by atoms with van der Waals surface area (Å²) < 4.78 is 6.28. The number of hydrogen-bond donors (Lipinski definition) is 4. The van der Waals surface area contributed by atoms with Gasteiger partial charge in [-0.3, -0.25) is 9.59 Å². The third-order valence-electron chi connectivity index (χ3n) is 11.1. The summed E-state index contributed by atoms with van der Waals surface area (Å²) in [6.07, 6.45) is 45.5. The Kier molecular flexibility index (Phi) is 67.3. The molecular formula is C52H108O4S3Sn2. The van der Waals surface area contributed by atoms with E-state index in [2.05, 4.69) is 80.6 Å². The van der Waals surface area contributed by atoms with Crippen LogP contribution >= 0.6 is 34.5 Å². The van der Waals surface area contributed by atoms with Gasteiger partial charge in [0.2, 0.25) is 0 Å². The molecule has 0 aromatic rings. The molecule has 0 rings (SSSR count). The van der Waals surface area contributed by atoms with Crippen molar-refractivity contribution >= 4 is 85.4 Å². The van der Waals surface area contributed by atoms with E-state index in [4.69, 9.17) is 19.5 Å². The van der Waals surface area contributed by atoms with Crippen molar-refractivity contribution in [3.05, 3.63) is 0 Å². The molecule has 9 heteroatoms. The number of thiol groups is 2. The molecule has 2 N–H and O–H groups in total. The van der Waals surface area contributed by atoms with Crippen LogP contribution in [0.1, 0.15) is 274 Å². The Morgan fingerprint density at radius 2 is 0.672 bits per heavy atom. The molecule has 0 heterocycles. The summed E-state index contributed by atoms with van der Waals surface area (Å²) in [5.41, 5.74) is 0. The van der Waals surface area contributed by atoms with Gasteiger partial charge in [-0.05, 0) is 24.7 Å². The van der Waals surface area contributed by atoms with Gasteiger partial charge in [-0.15, -0.1) is 0 Å². The van der Waals surface area contributed by atoms with Crippen LogP contribution in [-0.2, 0) is 9.59 Å². The van der Waals surface area contributed by atoms with Crippen molar-refractivity contribution < 1.29 is 19.8 Å². The summed E-state index contributed by atoms with van der Waals surface area (Å²) in [5.74, 6) is -0.0862. The van der Waals surface area contributed by atoms with Gasteiger partial charge in [0.25, 0.3) is 0 Å². The fourth-order valence-corrected chi connectivity index (χ4v) is 17.2. The monoisotopic (exact) mass is 1130 g/mol. The number of aliphatic carboxylic acids is 2.